The van der Waals surface area contributed by atoms with Crippen molar-refractivity contribution in [2.45, 2.75) is 46.5 Å². The summed E-state index contributed by atoms with van der Waals surface area (Å²) in [6.07, 6.45) is 5.39. The summed E-state index contributed by atoms with van der Waals surface area (Å²) in [7, 11) is 0. The second-order valence-corrected chi connectivity index (χ2v) is 5.65. The molecule has 1 fully saturated rings. The highest BCUT2D eigenvalue weighted by Gasteiger charge is 2.28. The molecule has 0 amide bonds. The zero-order valence-corrected chi connectivity index (χ0v) is 10.8. The lowest BCUT2D eigenvalue weighted by molar-refractivity contribution is 0.290. The quantitative estimate of drug-likeness (QED) is 0.652. The first kappa shape index (κ1) is 13.0. The molecule has 0 atom stereocenters. The van der Waals surface area contributed by atoms with Crippen LogP contribution in [0.25, 0.3) is 0 Å². The Kier molecular flexibility index (Phi) is 5.62. The molecular formula is C13H28N2. The number of hydrogen-bond acceptors (Lipinski definition) is 2. The van der Waals surface area contributed by atoms with Crippen LogP contribution in [0.2, 0.25) is 0 Å². The van der Waals surface area contributed by atoms with Gasteiger partial charge >= 0.3 is 0 Å². The van der Waals surface area contributed by atoms with E-state index in [0.717, 1.165) is 0 Å². The van der Waals surface area contributed by atoms with E-state index in [1.165, 1.54) is 58.4 Å². The summed E-state index contributed by atoms with van der Waals surface area (Å²) in [4.78, 5) is 2.59. The van der Waals surface area contributed by atoms with Gasteiger partial charge in [0.15, 0.2) is 0 Å². The lowest BCUT2D eigenvalue weighted by Gasteiger charge is -2.19. The Bertz CT molecular complexity index is 166. The molecule has 0 saturated carbocycles. The molecule has 90 valence electrons. The van der Waals surface area contributed by atoms with Gasteiger partial charge in [0.25, 0.3) is 0 Å². The van der Waals surface area contributed by atoms with Crippen molar-refractivity contribution in [2.24, 2.45) is 5.41 Å². The maximum Gasteiger partial charge on any atom is 0.0107 e. The van der Waals surface area contributed by atoms with E-state index in [9.17, 15) is 0 Å². The van der Waals surface area contributed by atoms with Crippen molar-refractivity contribution in [3.05, 3.63) is 0 Å². The molecule has 1 heterocycles. The van der Waals surface area contributed by atoms with Crippen LogP contribution in [-0.4, -0.2) is 37.6 Å². The fraction of sp³-hybridized carbons (Fsp3) is 1.00. The minimum Gasteiger partial charge on any atom is -0.315 e. The minimum absolute atomic E-state index is 0.558. The van der Waals surface area contributed by atoms with E-state index in [4.69, 9.17) is 0 Å². The highest BCUT2D eigenvalue weighted by molar-refractivity contribution is 4.82. The average molecular weight is 212 g/mol. The smallest absolute Gasteiger partial charge is 0.0107 e. The fourth-order valence-electron chi connectivity index (χ4n) is 2.28. The van der Waals surface area contributed by atoms with E-state index >= 15 is 0 Å². The van der Waals surface area contributed by atoms with Crippen LogP contribution in [0.4, 0.5) is 0 Å². The number of unbranched alkanes of at least 4 members (excludes halogenated alkanes) is 2. The standard InChI is InChI=1S/C13H28N2/c1-4-5-6-8-14-9-11-15-10-7-13(2,3)12-15/h14H,4-12H2,1-3H3. The van der Waals surface area contributed by atoms with Crippen molar-refractivity contribution in [2.75, 3.05) is 32.7 Å². The highest BCUT2D eigenvalue weighted by Crippen LogP contribution is 2.28. The molecule has 1 aliphatic rings. The average Bonchev–Trinajstić information content (AvgIpc) is 2.52. The third kappa shape index (κ3) is 5.53. The predicted octanol–water partition coefficient (Wildman–Crippen LogP) is 2.50. The second-order valence-electron chi connectivity index (χ2n) is 5.65. The third-order valence-electron chi connectivity index (χ3n) is 3.32. The van der Waals surface area contributed by atoms with Crippen LogP contribution >= 0.6 is 0 Å². The first-order valence-corrected chi connectivity index (χ1v) is 6.57. The summed E-state index contributed by atoms with van der Waals surface area (Å²) in [5, 5.41) is 3.53. The maximum atomic E-state index is 3.53. The Morgan fingerprint density at radius 3 is 2.60 bits per heavy atom. The summed E-state index contributed by atoms with van der Waals surface area (Å²) in [6.45, 7) is 13.2. The second kappa shape index (κ2) is 6.49. The zero-order chi connectivity index (χ0) is 11.1. The molecule has 1 saturated heterocycles. The van der Waals surface area contributed by atoms with Crippen molar-refractivity contribution in [3.63, 3.8) is 0 Å². The molecule has 0 aromatic heterocycles. The molecule has 1 N–H and O–H groups in total. The maximum absolute atomic E-state index is 3.53. The van der Waals surface area contributed by atoms with Crippen molar-refractivity contribution in [3.8, 4) is 0 Å². The van der Waals surface area contributed by atoms with Crippen LogP contribution in [0.15, 0.2) is 0 Å². The van der Waals surface area contributed by atoms with Crippen molar-refractivity contribution in [1.29, 1.82) is 0 Å². The Labute approximate surface area is 95.4 Å². The highest BCUT2D eigenvalue weighted by atomic mass is 15.2. The van der Waals surface area contributed by atoms with Crippen LogP contribution in [0, 0.1) is 5.41 Å². The Morgan fingerprint density at radius 2 is 2.00 bits per heavy atom. The molecule has 0 spiro atoms. The topological polar surface area (TPSA) is 15.3 Å². The van der Waals surface area contributed by atoms with Gasteiger partial charge in [-0.2, -0.15) is 0 Å². The van der Waals surface area contributed by atoms with Gasteiger partial charge < -0.3 is 10.2 Å². The molecule has 0 aromatic carbocycles. The molecule has 2 heteroatoms. The van der Waals surface area contributed by atoms with Gasteiger partial charge in [0, 0.05) is 19.6 Å². The summed E-state index contributed by atoms with van der Waals surface area (Å²) < 4.78 is 0. The van der Waals surface area contributed by atoms with Crippen LogP contribution in [0.3, 0.4) is 0 Å². The van der Waals surface area contributed by atoms with E-state index < -0.39 is 0 Å². The molecule has 15 heavy (non-hydrogen) atoms. The summed E-state index contributed by atoms with van der Waals surface area (Å²) >= 11 is 0. The number of rotatable bonds is 7. The zero-order valence-electron chi connectivity index (χ0n) is 10.8. The molecule has 0 radical (unpaired) electrons. The minimum atomic E-state index is 0.558. The molecule has 2 nitrogen and oxygen atoms in total. The predicted molar refractivity (Wildman–Crippen MR) is 67.2 cm³/mol. The van der Waals surface area contributed by atoms with Gasteiger partial charge in [-0.05, 0) is 31.3 Å². The van der Waals surface area contributed by atoms with Crippen molar-refractivity contribution in [1.82, 2.24) is 10.2 Å². The lowest BCUT2D eigenvalue weighted by atomic mass is 9.93. The van der Waals surface area contributed by atoms with Gasteiger partial charge in [-0.15, -0.1) is 0 Å². The van der Waals surface area contributed by atoms with E-state index in [1.54, 1.807) is 0 Å². The van der Waals surface area contributed by atoms with Crippen LogP contribution < -0.4 is 5.32 Å². The van der Waals surface area contributed by atoms with Gasteiger partial charge in [0.2, 0.25) is 0 Å². The Balaban J connectivity index is 1.93. The van der Waals surface area contributed by atoms with Gasteiger partial charge in [-0.3, -0.25) is 0 Å². The van der Waals surface area contributed by atoms with E-state index in [1.807, 2.05) is 0 Å². The Hall–Kier alpha value is -0.0800. The molecule has 0 aromatic rings. The number of likely N-dealkylation sites (tertiary alicyclic amines) is 1. The van der Waals surface area contributed by atoms with Gasteiger partial charge in [0.1, 0.15) is 0 Å². The van der Waals surface area contributed by atoms with Gasteiger partial charge in [-0.25, -0.2) is 0 Å². The Morgan fingerprint density at radius 1 is 1.20 bits per heavy atom. The van der Waals surface area contributed by atoms with E-state index in [0.29, 0.717) is 5.41 Å². The monoisotopic (exact) mass is 212 g/mol. The number of nitrogens with one attached hydrogen (secondary N) is 1. The molecule has 1 rings (SSSR count). The SMILES string of the molecule is CCCCCNCCN1CCC(C)(C)C1. The third-order valence-corrected chi connectivity index (χ3v) is 3.32. The molecule has 0 unspecified atom stereocenters. The number of hydrogen-bond donors (Lipinski definition) is 1. The largest absolute Gasteiger partial charge is 0.315 e. The van der Waals surface area contributed by atoms with Gasteiger partial charge in [0.05, 0.1) is 0 Å². The van der Waals surface area contributed by atoms with Crippen LogP contribution in [-0.2, 0) is 0 Å². The van der Waals surface area contributed by atoms with Crippen LogP contribution in [0.1, 0.15) is 46.5 Å². The normalized spacial score (nSPS) is 21.0. The van der Waals surface area contributed by atoms with Crippen LogP contribution in [0.5, 0.6) is 0 Å². The summed E-state index contributed by atoms with van der Waals surface area (Å²) in [5.41, 5.74) is 0.558. The molecule has 0 bridgehead atoms. The molecular weight excluding hydrogens is 184 g/mol. The molecule has 0 aliphatic carbocycles. The van der Waals surface area contributed by atoms with E-state index in [2.05, 4.69) is 31.0 Å². The lowest BCUT2D eigenvalue weighted by Crippen LogP contribution is -2.32. The number of nitrogens with zero attached hydrogens (tertiary/aromatic N) is 1. The van der Waals surface area contributed by atoms with Crippen molar-refractivity contribution < 1.29 is 0 Å². The van der Waals surface area contributed by atoms with Crippen molar-refractivity contribution >= 4 is 0 Å². The summed E-state index contributed by atoms with van der Waals surface area (Å²) in [5.74, 6) is 0. The summed E-state index contributed by atoms with van der Waals surface area (Å²) in [6, 6.07) is 0. The first-order valence-electron chi connectivity index (χ1n) is 6.57. The molecule has 1 aliphatic heterocycles. The van der Waals surface area contributed by atoms with E-state index in [-0.39, 0.29) is 0 Å². The fourth-order valence-corrected chi connectivity index (χ4v) is 2.28. The van der Waals surface area contributed by atoms with Gasteiger partial charge in [-0.1, -0.05) is 33.6 Å². The first-order chi connectivity index (χ1) is 7.14.